The Morgan fingerprint density at radius 3 is 2.50 bits per heavy atom. The predicted molar refractivity (Wildman–Crippen MR) is 64.5 cm³/mol. The van der Waals surface area contributed by atoms with Crippen molar-refractivity contribution < 1.29 is 12.8 Å². The molecular weight excluding hydrogens is 274 g/mol. The number of hydrogen-bond donors (Lipinski definition) is 0. The number of halogens is 3. The third-order valence-electron chi connectivity index (χ3n) is 2.06. The van der Waals surface area contributed by atoms with Gasteiger partial charge >= 0.3 is 0 Å². The lowest BCUT2D eigenvalue weighted by Gasteiger charge is -2.12. The Bertz CT molecular complexity index is 500. The molecule has 16 heavy (non-hydrogen) atoms. The van der Waals surface area contributed by atoms with Crippen molar-refractivity contribution in [1.29, 1.82) is 0 Å². The van der Waals surface area contributed by atoms with Crippen molar-refractivity contribution in [2.24, 2.45) is 0 Å². The quantitative estimate of drug-likeness (QED) is 0.800. The molecule has 2 nitrogen and oxygen atoms in total. The van der Waals surface area contributed by atoms with E-state index in [0.717, 1.165) is 12.3 Å². The van der Waals surface area contributed by atoms with Crippen molar-refractivity contribution in [3.63, 3.8) is 0 Å². The summed E-state index contributed by atoms with van der Waals surface area (Å²) in [7, 11) is -3.20. The van der Waals surface area contributed by atoms with Crippen LogP contribution in [0.2, 0.25) is 5.02 Å². The van der Waals surface area contributed by atoms with E-state index in [1.54, 1.807) is 6.92 Å². The lowest BCUT2D eigenvalue weighted by Crippen LogP contribution is -2.09. The van der Waals surface area contributed by atoms with Crippen LogP contribution >= 0.6 is 23.2 Å². The maximum absolute atomic E-state index is 13.1. The summed E-state index contributed by atoms with van der Waals surface area (Å²) in [5, 5.41) is -0.617. The third kappa shape index (κ3) is 3.61. The molecule has 0 radical (unpaired) electrons. The molecule has 0 N–H and O–H groups in total. The first kappa shape index (κ1) is 13.7. The van der Waals surface area contributed by atoms with Crippen molar-refractivity contribution in [3.8, 4) is 0 Å². The first-order valence-electron chi connectivity index (χ1n) is 4.48. The Kier molecular flexibility index (Phi) is 4.21. The molecule has 1 atom stereocenters. The van der Waals surface area contributed by atoms with Crippen LogP contribution in [0.3, 0.4) is 0 Å². The number of sulfone groups is 1. The molecule has 6 heteroatoms. The van der Waals surface area contributed by atoms with E-state index in [0.29, 0.717) is 11.1 Å². The average Bonchev–Trinajstić information content (AvgIpc) is 2.08. The molecule has 0 aromatic heterocycles. The van der Waals surface area contributed by atoms with Gasteiger partial charge < -0.3 is 0 Å². The molecular formula is C10H11Cl2FO2S. The molecule has 1 rings (SSSR count). The Labute approximate surface area is 104 Å². The molecule has 0 fully saturated rings. The molecule has 0 saturated carbocycles. The smallest absolute Gasteiger partial charge is 0.149 e. The summed E-state index contributed by atoms with van der Waals surface area (Å²) in [6.45, 7) is 1.57. The fourth-order valence-corrected chi connectivity index (χ4v) is 3.19. The Morgan fingerprint density at radius 1 is 1.44 bits per heavy atom. The summed E-state index contributed by atoms with van der Waals surface area (Å²) in [6, 6.07) is 2.62. The summed E-state index contributed by atoms with van der Waals surface area (Å²) in [6.07, 6.45) is 1.09. The van der Waals surface area contributed by atoms with Gasteiger partial charge in [0.05, 0.1) is 11.1 Å². The molecule has 0 aliphatic carbocycles. The molecule has 1 aromatic rings. The molecule has 0 heterocycles. The van der Waals surface area contributed by atoms with Gasteiger partial charge in [-0.3, -0.25) is 0 Å². The van der Waals surface area contributed by atoms with Gasteiger partial charge in [-0.1, -0.05) is 17.7 Å². The minimum Gasteiger partial charge on any atom is -0.229 e. The number of rotatable bonds is 3. The maximum Gasteiger partial charge on any atom is 0.149 e. The highest BCUT2D eigenvalue weighted by Crippen LogP contribution is 2.30. The first-order chi connectivity index (χ1) is 7.20. The lowest BCUT2D eigenvalue weighted by atomic mass is 10.1. The molecule has 90 valence electrons. The Hall–Kier alpha value is -0.320. The fraction of sp³-hybridized carbons (Fsp3) is 0.400. The van der Waals surface area contributed by atoms with Crippen molar-refractivity contribution in [1.82, 2.24) is 0 Å². The molecule has 0 bridgehead atoms. The second-order valence-electron chi connectivity index (χ2n) is 3.68. The zero-order valence-electron chi connectivity index (χ0n) is 8.80. The maximum atomic E-state index is 13.1. The minimum absolute atomic E-state index is 0.145. The largest absolute Gasteiger partial charge is 0.229 e. The zero-order valence-corrected chi connectivity index (χ0v) is 11.1. The zero-order chi connectivity index (χ0) is 12.5. The van der Waals surface area contributed by atoms with Crippen LogP contribution in [0.1, 0.15) is 16.5 Å². The molecule has 0 spiro atoms. The van der Waals surface area contributed by atoms with Crippen LogP contribution in [0, 0.1) is 12.7 Å². The van der Waals surface area contributed by atoms with Gasteiger partial charge in [-0.2, -0.15) is 0 Å². The van der Waals surface area contributed by atoms with Crippen molar-refractivity contribution in [2.75, 3.05) is 12.0 Å². The van der Waals surface area contributed by atoms with Crippen molar-refractivity contribution in [3.05, 3.63) is 34.1 Å². The van der Waals surface area contributed by atoms with Crippen molar-refractivity contribution in [2.45, 2.75) is 12.3 Å². The Morgan fingerprint density at radius 2 is 2.00 bits per heavy atom. The molecule has 1 aromatic carbocycles. The summed E-state index contributed by atoms with van der Waals surface area (Å²) in [5.74, 6) is -0.656. The van der Waals surface area contributed by atoms with E-state index in [1.807, 2.05) is 0 Å². The predicted octanol–water partition coefficient (Wildman–Crippen LogP) is 3.11. The number of hydrogen-bond acceptors (Lipinski definition) is 2. The van der Waals surface area contributed by atoms with E-state index in [2.05, 4.69) is 0 Å². The topological polar surface area (TPSA) is 34.1 Å². The normalized spacial score (nSPS) is 13.8. The summed E-state index contributed by atoms with van der Waals surface area (Å²) in [5.41, 5.74) is 0.825. The lowest BCUT2D eigenvalue weighted by molar-refractivity contribution is 0.600. The summed E-state index contributed by atoms with van der Waals surface area (Å²) in [4.78, 5) is 0. The second kappa shape index (κ2) is 4.90. The second-order valence-corrected chi connectivity index (χ2v) is 6.80. The van der Waals surface area contributed by atoms with Gasteiger partial charge in [0.1, 0.15) is 15.7 Å². The highest BCUT2D eigenvalue weighted by atomic mass is 35.5. The number of alkyl halides is 1. The standard InChI is InChI=1S/C10H11Cl2FO2S/c1-6-3-7(8(11)4-10(6)13)9(12)5-16(2,14)15/h3-4,9H,5H2,1-2H3. The molecule has 0 amide bonds. The van der Waals surface area contributed by atoms with Gasteiger partial charge in [0.25, 0.3) is 0 Å². The van der Waals surface area contributed by atoms with Gasteiger partial charge in [-0.15, -0.1) is 11.6 Å². The van der Waals surface area contributed by atoms with Crippen LogP contribution in [0.5, 0.6) is 0 Å². The first-order valence-corrected chi connectivity index (χ1v) is 7.35. The highest BCUT2D eigenvalue weighted by Gasteiger charge is 2.18. The SMILES string of the molecule is Cc1cc(C(Cl)CS(C)(=O)=O)c(Cl)cc1F. The molecule has 0 aliphatic rings. The van der Waals surface area contributed by atoms with E-state index in [9.17, 15) is 12.8 Å². The van der Waals surface area contributed by atoms with Gasteiger partial charge in [-0.25, -0.2) is 12.8 Å². The van der Waals surface area contributed by atoms with E-state index in [1.165, 1.54) is 6.07 Å². The highest BCUT2D eigenvalue weighted by molar-refractivity contribution is 7.90. The number of benzene rings is 1. The average molecular weight is 285 g/mol. The van der Waals surface area contributed by atoms with Gasteiger partial charge in [-0.05, 0) is 24.1 Å². The van der Waals surface area contributed by atoms with E-state index in [4.69, 9.17) is 23.2 Å². The van der Waals surface area contributed by atoms with E-state index < -0.39 is 21.0 Å². The summed E-state index contributed by atoms with van der Waals surface area (Å²) < 4.78 is 35.3. The van der Waals surface area contributed by atoms with E-state index >= 15 is 0 Å². The molecule has 0 saturated heterocycles. The monoisotopic (exact) mass is 284 g/mol. The number of aryl methyl sites for hydroxylation is 1. The van der Waals surface area contributed by atoms with Crippen LogP contribution < -0.4 is 0 Å². The molecule has 0 aliphatic heterocycles. The van der Waals surface area contributed by atoms with Crippen LogP contribution in [-0.2, 0) is 9.84 Å². The van der Waals surface area contributed by atoms with Crippen molar-refractivity contribution >= 4 is 33.0 Å². The minimum atomic E-state index is -3.20. The van der Waals surface area contributed by atoms with Gasteiger partial charge in [0.15, 0.2) is 0 Å². The fourth-order valence-electron chi connectivity index (χ4n) is 1.28. The van der Waals surface area contributed by atoms with Crippen LogP contribution in [0.25, 0.3) is 0 Å². The Balaban J connectivity index is 3.09. The summed E-state index contributed by atoms with van der Waals surface area (Å²) >= 11 is 11.7. The van der Waals surface area contributed by atoms with Gasteiger partial charge in [0, 0.05) is 11.3 Å². The third-order valence-corrected chi connectivity index (χ3v) is 3.90. The van der Waals surface area contributed by atoms with Gasteiger partial charge in [0.2, 0.25) is 0 Å². The van der Waals surface area contributed by atoms with E-state index in [-0.39, 0.29) is 10.8 Å². The van der Waals surface area contributed by atoms with Crippen LogP contribution in [0.15, 0.2) is 12.1 Å². The van der Waals surface area contributed by atoms with Crippen LogP contribution in [0.4, 0.5) is 4.39 Å². The molecule has 1 unspecified atom stereocenters. The van der Waals surface area contributed by atoms with Crippen LogP contribution in [-0.4, -0.2) is 20.4 Å².